The Kier molecular flexibility index (Phi) is 5.54. The van der Waals surface area contributed by atoms with Gasteiger partial charge in [-0.3, -0.25) is 9.59 Å². The number of carbonyl (C=O) groups excluding carboxylic acids is 1. The van der Waals surface area contributed by atoms with Gasteiger partial charge in [-0.2, -0.15) is 0 Å². The topological polar surface area (TPSA) is 57.6 Å². The Bertz CT molecular complexity index is 611. The summed E-state index contributed by atoms with van der Waals surface area (Å²) in [5.41, 5.74) is 3.99. The molecular formula is C20H27NO3. The molecule has 3 rings (SSSR count). The Morgan fingerprint density at radius 3 is 2.71 bits per heavy atom. The number of aliphatic carboxylic acids is 1. The van der Waals surface area contributed by atoms with E-state index in [0.717, 1.165) is 37.9 Å². The van der Waals surface area contributed by atoms with Crippen LogP contribution in [0, 0.1) is 5.92 Å². The van der Waals surface area contributed by atoms with Crippen LogP contribution >= 0.6 is 0 Å². The summed E-state index contributed by atoms with van der Waals surface area (Å²) in [6, 6.07) is 6.52. The maximum Gasteiger partial charge on any atom is 0.303 e. The van der Waals surface area contributed by atoms with Gasteiger partial charge in [0, 0.05) is 19.5 Å². The summed E-state index contributed by atoms with van der Waals surface area (Å²) >= 11 is 0. The summed E-state index contributed by atoms with van der Waals surface area (Å²) in [6.45, 7) is 1.53. The molecule has 0 spiro atoms. The summed E-state index contributed by atoms with van der Waals surface area (Å²) in [6.07, 6.45) is 8.21. The second-order valence-electron chi connectivity index (χ2n) is 7.27. The largest absolute Gasteiger partial charge is 0.481 e. The minimum absolute atomic E-state index is 0.186. The Labute approximate surface area is 143 Å². The number of aryl methyl sites for hydroxylation is 2. The van der Waals surface area contributed by atoms with E-state index in [2.05, 4.69) is 18.2 Å². The molecule has 1 aromatic rings. The van der Waals surface area contributed by atoms with E-state index in [1.807, 2.05) is 4.90 Å². The van der Waals surface area contributed by atoms with Crippen molar-refractivity contribution in [1.29, 1.82) is 0 Å². The van der Waals surface area contributed by atoms with E-state index in [-0.39, 0.29) is 12.3 Å². The van der Waals surface area contributed by atoms with Gasteiger partial charge in [0.25, 0.3) is 0 Å². The lowest BCUT2D eigenvalue weighted by Gasteiger charge is -2.33. The zero-order chi connectivity index (χ0) is 16.9. The van der Waals surface area contributed by atoms with Gasteiger partial charge in [0.15, 0.2) is 0 Å². The van der Waals surface area contributed by atoms with Gasteiger partial charge in [-0.1, -0.05) is 18.2 Å². The number of carboxylic acid groups (broad SMARTS) is 1. The van der Waals surface area contributed by atoms with Crippen molar-refractivity contribution < 1.29 is 14.7 Å². The average molecular weight is 329 g/mol. The van der Waals surface area contributed by atoms with Gasteiger partial charge >= 0.3 is 5.97 Å². The minimum atomic E-state index is -0.743. The van der Waals surface area contributed by atoms with Crippen LogP contribution in [0.4, 0.5) is 0 Å². The number of hydrogen-bond donors (Lipinski definition) is 1. The molecule has 1 fully saturated rings. The third-order valence-electron chi connectivity index (χ3n) is 5.41. The first-order valence-electron chi connectivity index (χ1n) is 9.22. The number of piperidine rings is 1. The van der Waals surface area contributed by atoms with Crippen LogP contribution in [0.3, 0.4) is 0 Å². The van der Waals surface area contributed by atoms with E-state index < -0.39 is 5.97 Å². The van der Waals surface area contributed by atoms with E-state index in [1.165, 1.54) is 30.4 Å². The third-order valence-corrected chi connectivity index (χ3v) is 5.41. The van der Waals surface area contributed by atoms with Gasteiger partial charge in [-0.15, -0.1) is 0 Å². The van der Waals surface area contributed by atoms with Gasteiger partial charge < -0.3 is 10.0 Å². The van der Waals surface area contributed by atoms with Crippen molar-refractivity contribution in [2.45, 2.75) is 57.8 Å². The predicted octanol–water partition coefficient (Wildman–Crippen LogP) is 3.21. The number of benzene rings is 1. The lowest BCUT2D eigenvalue weighted by molar-refractivity contribution is -0.137. The van der Waals surface area contributed by atoms with E-state index >= 15 is 0 Å². The highest BCUT2D eigenvalue weighted by Crippen LogP contribution is 2.24. The number of carbonyl (C=O) groups is 2. The average Bonchev–Trinajstić information content (AvgIpc) is 2.60. The molecular weight excluding hydrogens is 302 g/mol. The molecule has 0 radical (unpaired) electrons. The molecule has 1 heterocycles. The maximum atomic E-state index is 12.6. The van der Waals surface area contributed by atoms with Gasteiger partial charge in [-0.25, -0.2) is 0 Å². The zero-order valence-corrected chi connectivity index (χ0v) is 14.3. The molecule has 1 aliphatic carbocycles. The highest BCUT2D eigenvalue weighted by Gasteiger charge is 2.24. The molecule has 0 saturated carbocycles. The monoisotopic (exact) mass is 329 g/mol. The number of nitrogens with zero attached hydrogens (tertiary/aromatic N) is 1. The standard InChI is InChI=1S/C20H27NO3/c22-19(21-11-3-4-15(14-21)8-10-20(23)24)13-16-7-9-17-5-1-2-6-18(17)12-16/h7,9,12,15H,1-6,8,10-11,13-14H2,(H,23,24). The summed E-state index contributed by atoms with van der Waals surface area (Å²) < 4.78 is 0. The Hall–Kier alpha value is -1.84. The fourth-order valence-electron chi connectivity index (χ4n) is 4.04. The molecule has 4 heteroatoms. The van der Waals surface area contributed by atoms with Crippen molar-refractivity contribution in [3.63, 3.8) is 0 Å². The van der Waals surface area contributed by atoms with Gasteiger partial charge in [0.05, 0.1) is 6.42 Å². The summed E-state index contributed by atoms with van der Waals surface area (Å²) in [4.78, 5) is 25.3. The fourth-order valence-corrected chi connectivity index (χ4v) is 4.04. The van der Waals surface area contributed by atoms with Gasteiger partial charge in [-0.05, 0) is 67.6 Å². The van der Waals surface area contributed by atoms with Crippen LogP contribution in [0.2, 0.25) is 0 Å². The summed E-state index contributed by atoms with van der Waals surface area (Å²) in [7, 11) is 0. The van der Waals surface area contributed by atoms with E-state index in [9.17, 15) is 9.59 Å². The first-order chi connectivity index (χ1) is 11.6. The second kappa shape index (κ2) is 7.82. The highest BCUT2D eigenvalue weighted by atomic mass is 16.4. The number of amides is 1. The number of fused-ring (bicyclic) bond motifs is 1. The molecule has 0 aromatic heterocycles. The van der Waals surface area contributed by atoms with Crippen molar-refractivity contribution in [2.75, 3.05) is 13.1 Å². The van der Waals surface area contributed by atoms with E-state index in [0.29, 0.717) is 18.8 Å². The van der Waals surface area contributed by atoms with Crippen molar-refractivity contribution >= 4 is 11.9 Å². The quantitative estimate of drug-likeness (QED) is 0.902. The number of carboxylic acids is 1. The molecule has 1 unspecified atom stereocenters. The molecule has 0 bridgehead atoms. The Balaban J connectivity index is 1.57. The first-order valence-corrected chi connectivity index (χ1v) is 9.22. The predicted molar refractivity (Wildman–Crippen MR) is 93.0 cm³/mol. The molecule has 1 amide bonds. The van der Waals surface area contributed by atoms with Crippen molar-refractivity contribution in [2.24, 2.45) is 5.92 Å². The van der Waals surface area contributed by atoms with E-state index in [1.54, 1.807) is 0 Å². The first kappa shape index (κ1) is 17.0. The number of rotatable bonds is 5. The molecule has 4 nitrogen and oxygen atoms in total. The molecule has 130 valence electrons. The van der Waals surface area contributed by atoms with Crippen LogP contribution in [0.25, 0.3) is 0 Å². The summed E-state index contributed by atoms with van der Waals surface area (Å²) in [5, 5.41) is 8.83. The smallest absolute Gasteiger partial charge is 0.303 e. The lowest BCUT2D eigenvalue weighted by Crippen LogP contribution is -2.40. The van der Waals surface area contributed by atoms with Crippen LogP contribution < -0.4 is 0 Å². The zero-order valence-electron chi connectivity index (χ0n) is 14.3. The minimum Gasteiger partial charge on any atom is -0.481 e. The van der Waals surface area contributed by atoms with Crippen LogP contribution in [-0.2, 0) is 28.9 Å². The lowest BCUT2D eigenvalue weighted by atomic mass is 9.89. The molecule has 1 atom stereocenters. The molecule has 1 saturated heterocycles. The van der Waals surface area contributed by atoms with Gasteiger partial charge in [0.1, 0.15) is 0 Å². The van der Waals surface area contributed by atoms with Crippen LogP contribution in [0.5, 0.6) is 0 Å². The van der Waals surface area contributed by atoms with Crippen LogP contribution in [0.1, 0.15) is 55.2 Å². The molecule has 2 aliphatic rings. The van der Waals surface area contributed by atoms with Crippen molar-refractivity contribution in [1.82, 2.24) is 4.90 Å². The molecule has 1 N–H and O–H groups in total. The maximum absolute atomic E-state index is 12.6. The Morgan fingerprint density at radius 1 is 1.12 bits per heavy atom. The summed E-state index contributed by atoms with van der Waals surface area (Å²) in [5.74, 6) is -0.222. The van der Waals surface area contributed by atoms with Gasteiger partial charge in [0.2, 0.25) is 5.91 Å². The second-order valence-corrected chi connectivity index (χ2v) is 7.27. The fraction of sp³-hybridized carbons (Fsp3) is 0.600. The molecule has 1 aromatic carbocycles. The van der Waals surface area contributed by atoms with E-state index in [4.69, 9.17) is 5.11 Å². The molecule has 1 aliphatic heterocycles. The number of likely N-dealkylation sites (tertiary alicyclic amines) is 1. The van der Waals surface area contributed by atoms with Crippen molar-refractivity contribution in [3.8, 4) is 0 Å². The third kappa shape index (κ3) is 4.37. The van der Waals surface area contributed by atoms with Crippen LogP contribution in [-0.4, -0.2) is 35.0 Å². The number of hydrogen-bond acceptors (Lipinski definition) is 2. The SMILES string of the molecule is O=C(O)CCC1CCCN(C(=O)Cc2ccc3c(c2)CCCC3)C1. The van der Waals surface area contributed by atoms with Crippen LogP contribution in [0.15, 0.2) is 18.2 Å². The molecule has 24 heavy (non-hydrogen) atoms. The normalized spacial score (nSPS) is 20.5. The van der Waals surface area contributed by atoms with Crippen molar-refractivity contribution in [3.05, 3.63) is 34.9 Å². The highest BCUT2D eigenvalue weighted by molar-refractivity contribution is 5.79. The Morgan fingerprint density at radius 2 is 1.92 bits per heavy atom.